The molecule has 0 heteroatoms. The number of benzene rings is 3. The van der Waals surface area contributed by atoms with Crippen LogP contribution in [0.25, 0.3) is 21.9 Å². The van der Waals surface area contributed by atoms with E-state index in [0.717, 1.165) is 11.8 Å². The summed E-state index contributed by atoms with van der Waals surface area (Å²) in [7, 11) is 0. The van der Waals surface area contributed by atoms with Crippen molar-refractivity contribution in [1.29, 1.82) is 0 Å². The molecule has 3 atom stereocenters. The highest BCUT2D eigenvalue weighted by Crippen LogP contribution is 2.57. The first-order valence-corrected chi connectivity index (χ1v) is 10.1. The van der Waals surface area contributed by atoms with Crippen LogP contribution in [-0.4, -0.2) is 0 Å². The summed E-state index contributed by atoms with van der Waals surface area (Å²) in [6, 6.07) is 22.7. The maximum atomic E-state index is 2.53. The van der Waals surface area contributed by atoms with Gasteiger partial charge in [-0.2, -0.15) is 0 Å². The smallest absolute Gasteiger partial charge is 0.0168 e. The van der Waals surface area contributed by atoms with Gasteiger partial charge in [-0.05, 0) is 88.4 Å². The van der Waals surface area contributed by atoms with Gasteiger partial charge < -0.3 is 0 Å². The zero-order valence-corrected chi connectivity index (χ0v) is 15.1. The molecule has 3 aromatic rings. The van der Waals surface area contributed by atoms with Crippen molar-refractivity contribution in [1.82, 2.24) is 0 Å². The molecule has 1 fully saturated rings. The first-order chi connectivity index (χ1) is 12.8. The van der Waals surface area contributed by atoms with Crippen molar-refractivity contribution in [2.24, 2.45) is 17.3 Å². The van der Waals surface area contributed by atoms with Crippen molar-refractivity contribution in [2.45, 2.75) is 32.1 Å². The molecule has 3 aliphatic rings. The van der Waals surface area contributed by atoms with E-state index < -0.39 is 0 Å². The van der Waals surface area contributed by atoms with E-state index in [1.165, 1.54) is 54.0 Å². The minimum atomic E-state index is 0.573. The van der Waals surface area contributed by atoms with E-state index in [0.29, 0.717) is 5.41 Å². The first kappa shape index (κ1) is 14.8. The Bertz CT molecular complexity index is 1030. The number of fused-ring (bicyclic) bond motifs is 5. The molecule has 0 N–H and O–H groups in total. The molecule has 6 rings (SSSR count). The van der Waals surface area contributed by atoms with Crippen LogP contribution in [0, 0.1) is 17.3 Å². The maximum Gasteiger partial charge on any atom is -0.0168 e. The molecule has 1 saturated carbocycles. The van der Waals surface area contributed by atoms with Crippen LogP contribution in [0.15, 0.2) is 72.8 Å². The third-order valence-electron chi connectivity index (χ3n) is 7.33. The molecule has 3 aliphatic carbocycles. The van der Waals surface area contributed by atoms with Crippen LogP contribution in [0.1, 0.15) is 30.4 Å². The molecule has 0 aromatic heterocycles. The van der Waals surface area contributed by atoms with E-state index in [2.05, 4.69) is 72.8 Å². The number of hydrogen-bond donors (Lipinski definition) is 0. The predicted molar refractivity (Wildman–Crippen MR) is 109 cm³/mol. The van der Waals surface area contributed by atoms with Gasteiger partial charge in [0.1, 0.15) is 0 Å². The van der Waals surface area contributed by atoms with Crippen LogP contribution < -0.4 is 0 Å². The quantitative estimate of drug-likeness (QED) is 0.440. The number of hydrogen-bond acceptors (Lipinski definition) is 0. The monoisotopic (exact) mass is 336 g/mol. The number of allylic oxidation sites excluding steroid dienone is 2. The molecule has 1 spiro atoms. The molecule has 26 heavy (non-hydrogen) atoms. The van der Waals surface area contributed by atoms with Gasteiger partial charge in [-0.3, -0.25) is 0 Å². The van der Waals surface area contributed by atoms with Gasteiger partial charge in [0.05, 0.1) is 0 Å². The van der Waals surface area contributed by atoms with Crippen LogP contribution in [0.3, 0.4) is 0 Å². The number of aryl methyl sites for hydroxylation is 1. The molecule has 0 saturated heterocycles. The van der Waals surface area contributed by atoms with Gasteiger partial charge in [-0.1, -0.05) is 66.7 Å². The van der Waals surface area contributed by atoms with Gasteiger partial charge in [0.15, 0.2) is 0 Å². The topological polar surface area (TPSA) is 0 Å². The second-order valence-corrected chi connectivity index (χ2v) is 8.78. The average molecular weight is 336 g/mol. The van der Waals surface area contributed by atoms with Crippen molar-refractivity contribution >= 4 is 10.8 Å². The largest absolute Gasteiger partial charge is 0.0851 e. The van der Waals surface area contributed by atoms with Crippen molar-refractivity contribution < 1.29 is 0 Å². The molecule has 2 bridgehead atoms. The highest BCUT2D eigenvalue weighted by Gasteiger charge is 2.49. The van der Waals surface area contributed by atoms with Crippen LogP contribution in [0.4, 0.5) is 0 Å². The van der Waals surface area contributed by atoms with Crippen LogP contribution >= 0.6 is 0 Å². The Labute approximate surface area is 155 Å². The van der Waals surface area contributed by atoms with E-state index in [1.807, 2.05) is 0 Å². The Kier molecular flexibility index (Phi) is 3.03. The van der Waals surface area contributed by atoms with E-state index >= 15 is 0 Å². The summed E-state index contributed by atoms with van der Waals surface area (Å²) in [6.07, 6.45) is 11.8. The average Bonchev–Trinajstić information content (AvgIpc) is 3.28. The van der Waals surface area contributed by atoms with Crippen LogP contribution in [-0.2, 0) is 12.8 Å². The van der Waals surface area contributed by atoms with Crippen LogP contribution in [0.5, 0.6) is 0 Å². The molecular formula is C26H24. The second-order valence-electron chi connectivity index (χ2n) is 8.78. The van der Waals surface area contributed by atoms with Gasteiger partial charge in [0, 0.05) is 0 Å². The molecule has 0 aliphatic heterocycles. The minimum Gasteiger partial charge on any atom is -0.0851 e. The van der Waals surface area contributed by atoms with E-state index in [-0.39, 0.29) is 0 Å². The molecule has 0 heterocycles. The summed E-state index contributed by atoms with van der Waals surface area (Å²) >= 11 is 0. The van der Waals surface area contributed by atoms with E-state index in [9.17, 15) is 0 Å². The summed E-state index contributed by atoms with van der Waals surface area (Å²) in [6.45, 7) is 0. The van der Waals surface area contributed by atoms with Crippen molar-refractivity contribution in [3.8, 4) is 11.1 Å². The molecule has 0 amide bonds. The van der Waals surface area contributed by atoms with Crippen LogP contribution in [0.2, 0.25) is 0 Å². The minimum absolute atomic E-state index is 0.573. The summed E-state index contributed by atoms with van der Waals surface area (Å²) in [5.41, 5.74) is 6.42. The van der Waals surface area contributed by atoms with Gasteiger partial charge in [0.2, 0.25) is 0 Å². The molecule has 128 valence electrons. The Balaban J connectivity index is 1.41. The van der Waals surface area contributed by atoms with Crippen molar-refractivity contribution in [3.05, 3.63) is 83.9 Å². The lowest BCUT2D eigenvalue weighted by Crippen LogP contribution is -2.32. The lowest BCUT2D eigenvalue weighted by Gasteiger charge is -2.40. The third-order valence-corrected chi connectivity index (χ3v) is 7.33. The van der Waals surface area contributed by atoms with Gasteiger partial charge in [-0.15, -0.1) is 0 Å². The lowest BCUT2D eigenvalue weighted by atomic mass is 9.64. The molecule has 3 aromatic carbocycles. The fourth-order valence-electron chi connectivity index (χ4n) is 6.00. The zero-order chi connectivity index (χ0) is 17.1. The Morgan fingerprint density at radius 3 is 2.46 bits per heavy atom. The molecular weight excluding hydrogens is 312 g/mol. The van der Waals surface area contributed by atoms with E-state index in [4.69, 9.17) is 0 Å². The zero-order valence-electron chi connectivity index (χ0n) is 15.1. The van der Waals surface area contributed by atoms with Gasteiger partial charge >= 0.3 is 0 Å². The first-order valence-electron chi connectivity index (χ1n) is 10.1. The molecule has 3 unspecified atom stereocenters. The van der Waals surface area contributed by atoms with Gasteiger partial charge in [-0.25, -0.2) is 0 Å². The highest BCUT2D eigenvalue weighted by molar-refractivity contribution is 5.88. The predicted octanol–water partition coefficient (Wildman–Crippen LogP) is 6.58. The number of rotatable bonds is 1. The highest BCUT2D eigenvalue weighted by atomic mass is 14.5. The fourth-order valence-corrected chi connectivity index (χ4v) is 6.00. The van der Waals surface area contributed by atoms with Gasteiger partial charge in [0.25, 0.3) is 0 Å². The Morgan fingerprint density at radius 1 is 0.769 bits per heavy atom. The summed E-state index contributed by atoms with van der Waals surface area (Å²) in [4.78, 5) is 0. The van der Waals surface area contributed by atoms with Crippen molar-refractivity contribution in [3.63, 3.8) is 0 Å². The SMILES string of the molecule is C1=CC2CC1CC21CCc2cc3cc(-c4ccccc4)ccc3cc2C1. The standard InChI is InChI=1S/C26H24/c1-2-4-19(5-3-1)20-7-8-21-15-24-17-26(16-18-6-9-25(26)12-18)11-10-22(24)14-23(21)13-20/h1-9,13-15,18,25H,10-12,16-17H2. The third kappa shape index (κ3) is 2.14. The Morgan fingerprint density at radius 2 is 1.65 bits per heavy atom. The normalized spacial score (nSPS) is 28.8. The molecule has 0 nitrogen and oxygen atoms in total. The summed E-state index contributed by atoms with van der Waals surface area (Å²) < 4.78 is 0. The molecule has 0 radical (unpaired) electrons. The second kappa shape index (κ2) is 5.33. The van der Waals surface area contributed by atoms with Crippen molar-refractivity contribution in [2.75, 3.05) is 0 Å². The Hall–Kier alpha value is -2.34. The summed E-state index contributed by atoms with van der Waals surface area (Å²) in [5, 5.41) is 2.80. The summed E-state index contributed by atoms with van der Waals surface area (Å²) in [5.74, 6) is 1.72. The fraction of sp³-hybridized carbons (Fsp3) is 0.308. The lowest BCUT2D eigenvalue weighted by molar-refractivity contribution is 0.195. The van der Waals surface area contributed by atoms with E-state index in [1.54, 1.807) is 11.1 Å². The maximum absolute atomic E-state index is 2.53.